The Bertz CT molecular complexity index is 476. The first-order chi connectivity index (χ1) is 10.1. The van der Waals surface area contributed by atoms with Crippen molar-refractivity contribution in [2.24, 2.45) is 0 Å². The summed E-state index contributed by atoms with van der Waals surface area (Å²) in [6.07, 6.45) is 3.86. The van der Waals surface area contributed by atoms with Crippen molar-refractivity contribution in [2.45, 2.75) is 57.8 Å². The summed E-state index contributed by atoms with van der Waals surface area (Å²) in [5, 5.41) is 3.18. The van der Waals surface area contributed by atoms with Gasteiger partial charge >= 0.3 is 5.97 Å². The van der Waals surface area contributed by atoms with Crippen LogP contribution in [0.2, 0.25) is 0 Å². The molecule has 0 aromatic carbocycles. The van der Waals surface area contributed by atoms with Crippen molar-refractivity contribution in [3.05, 3.63) is 23.9 Å². The second-order valence-corrected chi connectivity index (χ2v) is 5.76. The van der Waals surface area contributed by atoms with E-state index in [1.807, 2.05) is 26.0 Å². The molecule has 1 aromatic rings. The number of pyridine rings is 1. The summed E-state index contributed by atoms with van der Waals surface area (Å²) >= 11 is 0. The smallest absolute Gasteiger partial charge is 0.357 e. The van der Waals surface area contributed by atoms with Gasteiger partial charge in [0.2, 0.25) is 0 Å². The Labute approximate surface area is 126 Å². The normalized spacial score (nSPS) is 22.1. The second kappa shape index (κ2) is 7.41. The highest BCUT2D eigenvalue weighted by atomic mass is 16.5. The van der Waals surface area contributed by atoms with Gasteiger partial charge in [0.15, 0.2) is 5.69 Å². The standard InChI is InChI=1S/C16H24N2O3/c1-11(2)17-15-9-5-8-14(18-15)16(19)21-13-7-4-6-12(10-13)20-3/h5,8-9,11-13H,4,6-7,10H2,1-3H3,(H,17,18). The van der Waals surface area contributed by atoms with Crippen LogP contribution in [0.15, 0.2) is 18.2 Å². The zero-order valence-electron chi connectivity index (χ0n) is 13.0. The van der Waals surface area contributed by atoms with E-state index in [4.69, 9.17) is 9.47 Å². The van der Waals surface area contributed by atoms with Gasteiger partial charge in [-0.05, 0) is 45.2 Å². The van der Waals surface area contributed by atoms with Crippen molar-refractivity contribution in [1.29, 1.82) is 0 Å². The molecule has 1 N–H and O–H groups in total. The van der Waals surface area contributed by atoms with Crippen LogP contribution in [0.4, 0.5) is 5.82 Å². The summed E-state index contributed by atoms with van der Waals surface area (Å²) in [6, 6.07) is 5.61. The Kier molecular flexibility index (Phi) is 5.56. The minimum absolute atomic E-state index is 0.0697. The zero-order valence-corrected chi connectivity index (χ0v) is 13.0. The number of carbonyl (C=O) groups is 1. The molecule has 0 bridgehead atoms. The SMILES string of the molecule is COC1CCCC(OC(=O)c2cccc(NC(C)C)n2)C1. The Hall–Kier alpha value is -1.62. The first-order valence-electron chi connectivity index (χ1n) is 7.56. The van der Waals surface area contributed by atoms with Crippen LogP contribution >= 0.6 is 0 Å². The van der Waals surface area contributed by atoms with E-state index in [9.17, 15) is 4.79 Å². The van der Waals surface area contributed by atoms with E-state index >= 15 is 0 Å². The minimum Gasteiger partial charge on any atom is -0.458 e. The van der Waals surface area contributed by atoms with Crippen LogP contribution in [0.1, 0.15) is 50.0 Å². The number of nitrogens with one attached hydrogen (secondary N) is 1. The largest absolute Gasteiger partial charge is 0.458 e. The Morgan fingerprint density at radius 3 is 2.81 bits per heavy atom. The van der Waals surface area contributed by atoms with E-state index < -0.39 is 0 Å². The summed E-state index contributed by atoms with van der Waals surface area (Å²) in [5.74, 6) is 0.335. The molecular weight excluding hydrogens is 268 g/mol. The lowest BCUT2D eigenvalue weighted by molar-refractivity contribution is -0.0153. The molecular formula is C16H24N2O3. The van der Waals surface area contributed by atoms with Gasteiger partial charge in [-0.1, -0.05) is 6.07 Å². The van der Waals surface area contributed by atoms with Gasteiger partial charge in [0.1, 0.15) is 11.9 Å². The van der Waals surface area contributed by atoms with Crippen LogP contribution in [0.5, 0.6) is 0 Å². The number of esters is 1. The molecule has 2 atom stereocenters. The molecule has 0 radical (unpaired) electrons. The molecule has 5 heteroatoms. The Morgan fingerprint density at radius 1 is 1.33 bits per heavy atom. The van der Waals surface area contributed by atoms with Crippen molar-refractivity contribution < 1.29 is 14.3 Å². The van der Waals surface area contributed by atoms with E-state index in [-0.39, 0.29) is 24.2 Å². The summed E-state index contributed by atoms with van der Waals surface area (Å²) in [7, 11) is 1.71. The number of carbonyl (C=O) groups excluding carboxylic acids is 1. The lowest BCUT2D eigenvalue weighted by atomic mass is 9.95. The zero-order chi connectivity index (χ0) is 15.2. The molecule has 0 amide bonds. The first-order valence-corrected chi connectivity index (χ1v) is 7.56. The van der Waals surface area contributed by atoms with Gasteiger partial charge in [-0.3, -0.25) is 0 Å². The highest BCUT2D eigenvalue weighted by Crippen LogP contribution is 2.23. The van der Waals surface area contributed by atoms with Crippen molar-refractivity contribution in [1.82, 2.24) is 4.98 Å². The average molecular weight is 292 g/mol. The number of hydrogen-bond donors (Lipinski definition) is 1. The molecule has 1 saturated carbocycles. The van der Waals surface area contributed by atoms with Gasteiger partial charge < -0.3 is 14.8 Å². The number of anilines is 1. The Balaban J connectivity index is 1.96. The minimum atomic E-state index is -0.357. The monoisotopic (exact) mass is 292 g/mol. The molecule has 1 fully saturated rings. The molecule has 2 unspecified atom stereocenters. The molecule has 21 heavy (non-hydrogen) atoms. The number of rotatable bonds is 5. The quantitative estimate of drug-likeness (QED) is 0.845. The van der Waals surface area contributed by atoms with Crippen LogP contribution in [0.25, 0.3) is 0 Å². The molecule has 1 aliphatic rings. The summed E-state index contributed by atoms with van der Waals surface area (Å²) in [6.45, 7) is 4.05. The van der Waals surface area contributed by atoms with Gasteiger partial charge in [0, 0.05) is 19.6 Å². The molecule has 1 heterocycles. The van der Waals surface area contributed by atoms with Gasteiger partial charge in [0.25, 0.3) is 0 Å². The third-order valence-electron chi connectivity index (χ3n) is 3.58. The van der Waals surface area contributed by atoms with Crippen LogP contribution < -0.4 is 5.32 Å². The number of methoxy groups -OCH3 is 1. The van der Waals surface area contributed by atoms with Crippen LogP contribution in [-0.2, 0) is 9.47 Å². The fourth-order valence-electron chi connectivity index (χ4n) is 2.56. The summed E-state index contributed by atoms with van der Waals surface area (Å²) in [4.78, 5) is 16.5. The predicted molar refractivity (Wildman–Crippen MR) is 81.5 cm³/mol. The van der Waals surface area contributed by atoms with Crippen LogP contribution in [0.3, 0.4) is 0 Å². The molecule has 5 nitrogen and oxygen atoms in total. The third-order valence-corrected chi connectivity index (χ3v) is 3.58. The molecule has 2 rings (SSSR count). The molecule has 1 aromatic heterocycles. The molecule has 116 valence electrons. The number of nitrogens with zero attached hydrogens (tertiary/aromatic N) is 1. The highest BCUT2D eigenvalue weighted by Gasteiger charge is 2.25. The number of aromatic nitrogens is 1. The third kappa shape index (κ3) is 4.70. The molecule has 0 saturated heterocycles. The number of ether oxygens (including phenoxy) is 2. The fourth-order valence-corrected chi connectivity index (χ4v) is 2.56. The maximum atomic E-state index is 12.2. The maximum Gasteiger partial charge on any atom is 0.357 e. The van der Waals surface area contributed by atoms with Crippen LogP contribution in [0, 0.1) is 0 Å². The van der Waals surface area contributed by atoms with E-state index in [0.717, 1.165) is 25.7 Å². The van der Waals surface area contributed by atoms with E-state index in [2.05, 4.69) is 10.3 Å². The van der Waals surface area contributed by atoms with Crippen molar-refractivity contribution in [3.63, 3.8) is 0 Å². The van der Waals surface area contributed by atoms with Gasteiger partial charge in [-0.2, -0.15) is 0 Å². The van der Waals surface area contributed by atoms with Gasteiger partial charge in [-0.25, -0.2) is 9.78 Å². The topological polar surface area (TPSA) is 60.5 Å². The van der Waals surface area contributed by atoms with Crippen molar-refractivity contribution in [2.75, 3.05) is 12.4 Å². The fraction of sp³-hybridized carbons (Fsp3) is 0.625. The molecule has 1 aliphatic carbocycles. The summed E-state index contributed by atoms with van der Waals surface area (Å²) < 4.78 is 10.9. The van der Waals surface area contributed by atoms with Crippen LogP contribution in [-0.4, -0.2) is 36.3 Å². The predicted octanol–water partition coefficient (Wildman–Crippen LogP) is 3.02. The first kappa shape index (κ1) is 15.8. The maximum absolute atomic E-state index is 12.2. The summed E-state index contributed by atoms with van der Waals surface area (Å²) in [5.41, 5.74) is 0.347. The lowest BCUT2D eigenvalue weighted by Crippen LogP contribution is -2.29. The molecule has 0 aliphatic heterocycles. The Morgan fingerprint density at radius 2 is 2.10 bits per heavy atom. The van der Waals surface area contributed by atoms with E-state index in [1.165, 1.54) is 0 Å². The van der Waals surface area contributed by atoms with E-state index in [0.29, 0.717) is 11.5 Å². The van der Waals surface area contributed by atoms with Crippen molar-refractivity contribution >= 4 is 11.8 Å². The lowest BCUT2D eigenvalue weighted by Gasteiger charge is -2.27. The van der Waals surface area contributed by atoms with Crippen molar-refractivity contribution in [3.8, 4) is 0 Å². The molecule has 0 spiro atoms. The number of hydrogen-bond acceptors (Lipinski definition) is 5. The van der Waals surface area contributed by atoms with Gasteiger partial charge in [-0.15, -0.1) is 0 Å². The van der Waals surface area contributed by atoms with E-state index in [1.54, 1.807) is 13.2 Å². The van der Waals surface area contributed by atoms with Gasteiger partial charge in [0.05, 0.1) is 6.10 Å². The second-order valence-electron chi connectivity index (χ2n) is 5.76. The highest BCUT2D eigenvalue weighted by molar-refractivity contribution is 5.87. The average Bonchev–Trinajstić information content (AvgIpc) is 2.47.